The highest BCUT2D eigenvalue weighted by molar-refractivity contribution is 5.77. The van der Waals surface area contributed by atoms with Gasteiger partial charge in [0.25, 0.3) is 0 Å². The van der Waals surface area contributed by atoms with E-state index in [1.54, 1.807) is 0 Å². The number of hydrogen-bond donors (Lipinski definition) is 1. The summed E-state index contributed by atoms with van der Waals surface area (Å²) in [6.45, 7) is 6.81. The van der Waals surface area contributed by atoms with Crippen LogP contribution >= 0.6 is 0 Å². The summed E-state index contributed by atoms with van der Waals surface area (Å²) in [5.41, 5.74) is 5.43. The molecule has 2 N–H and O–H groups in total. The molecule has 3 heteroatoms. The molecule has 1 atom stereocenters. The number of amides is 1. The molecule has 3 nitrogen and oxygen atoms in total. The van der Waals surface area contributed by atoms with E-state index in [0.29, 0.717) is 12.5 Å². The molecular formula is C10H20N2O. The van der Waals surface area contributed by atoms with Crippen LogP contribution in [0, 0.1) is 0 Å². The average Bonchev–Trinajstić information content (AvgIpc) is 2.30. The van der Waals surface area contributed by atoms with Gasteiger partial charge in [-0.05, 0) is 33.6 Å². The number of rotatable bonds is 2. The molecule has 0 spiro atoms. The number of hydrogen-bond acceptors (Lipinski definition) is 2. The van der Waals surface area contributed by atoms with Crippen LogP contribution in [0.4, 0.5) is 0 Å². The maximum Gasteiger partial charge on any atom is 0.224 e. The van der Waals surface area contributed by atoms with Crippen molar-refractivity contribution in [2.75, 3.05) is 6.54 Å². The van der Waals surface area contributed by atoms with Crippen molar-refractivity contribution < 1.29 is 4.79 Å². The lowest BCUT2D eigenvalue weighted by molar-refractivity contribution is -0.132. The van der Waals surface area contributed by atoms with Crippen LogP contribution in [0.2, 0.25) is 0 Å². The zero-order valence-electron chi connectivity index (χ0n) is 8.84. The Balaban J connectivity index is 2.48. The van der Waals surface area contributed by atoms with Gasteiger partial charge in [0.2, 0.25) is 5.91 Å². The van der Waals surface area contributed by atoms with Crippen LogP contribution in [0.15, 0.2) is 0 Å². The van der Waals surface area contributed by atoms with E-state index < -0.39 is 0 Å². The highest BCUT2D eigenvalue weighted by atomic mass is 16.2. The molecule has 0 aromatic rings. The molecule has 0 bridgehead atoms. The summed E-state index contributed by atoms with van der Waals surface area (Å²) >= 11 is 0. The van der Waals surface area contributed by atoms with Crippen molar-refractivity contribution in [1.29, 1.82) is 0 Å². The maximum atomic E-state index is 11.7. The van der Waals surface area contributed by atoms with Crippen LogP contribution in [-0.2, 0) is 4.79 Å². The number of likely N-dealkylation sites (tertiary alicyclic amines) is 1. The topological polar surface area (TPSA) is 46.3 Å². The number of carbonyl (C=O) groups excluding carboxylic acids is 1. The van der Waals surface area contributed by atoms with Crippen LogP contribution in [0.25, 0.3) is 0 Å². The van der Waals surface area contributed by atoms with Gasteiger partial charge in [-0.2, -0.15) is 0 Å². The summed E-state index contributed by atoms with van der Waals surface area (Å²) in [7, 11) is 0. The van der Waals surface area contributed by atoms with Crippen LogP contribution in [0.5, 0.6) is 0 Å². The smallest absolute Gasteiger partial charge is 0.224 e. The second kappa shape index (κ2) is 3.66. The second-order valence-corrected chi connectivity index (χ2v) is 4.74. The van der Waals surface area contributed by atoms with Gasteiger partial charge in [-0.1, -0.05) is 0 Å². The van der Waals surface area contributed by atoms with Crippen LogP contribution in [0.1, 0.15) is 40.0 Å². The van der Waals surface area contributed by atoms with Crippen molar-refractivity contribution in [1.82, 2.24) is 4.90 Å². The fourth-order valence-corrected chi connectivity index (χ4v) is 1.80. The van der Waals surface area contributed by atoms with Crippen molar-refractivity contribution in [3.63, 3.8) is 0 Å². The van der Waals surface area contributed by atoms with E-state index in [1.165, 1.54) is 0 Å². The minimum atomic E-state index is -0.376. The third-order valence-corrected chi connectivity index (χ3v) is 2.48. The predicted molar refractivity (Wildman–Crippen MR) is 53.3 cm³/mol. The molecule has 1 aliphatic heterocycles. The Bertz CT molecular complexity index is 196. The third-order valence-electron chi connectivity index (χ3n) is 2.48. The van der Waals surface area contributed by atoms with Gasteiger partial charge in [-0.15, -0.1) is 0 Å². The Morgan fingerprint density at radius 3 is 2.62 bits per heavy atom. The predicted octanol–water partition coefficient (Wildman–Crippen LogP) is 1.12. The van der Waals surface area contributed by atoms with Crippen LogP contribution in [0.3, 0.4) is 0 Å². The van der Waals surface area contributed by atoms with Crippen molar-refractivity contribution in [2.24, 2.45) is 5.73 Å². The van der Waals surface area contributed by atoms with E-state index in [-0.39, 0.29) is 11.4 Å². The van der Waals surface area contributed by atoms with E-state index in [0.717, 1.165) is 19.4 Å². The third kappa shape index (κ3) is 2.99. The van der Waals surface area contributed by atoms with Crippen molar-refractivity contribution >= 4 is 5.91 Å². The average molecular weight is 184 g/mol. The zero-order valence-corrected chi connectivity index (χ0v) is 8.84. The fourth-order valence-electron chi connectivity index (χ4n) is 1.80. The molecule has 1 aliphatic rings. The molecule has 0 aromatic carbocycles. The molecule has 76 valence electrons. The first-order chi connectivity index (χ1) is 5.90. The monoisotopic (exact) mass is 184 g/mol. The SMILES string of the molecule is CC1CCCN1C(=O)CC(C)(C)N. The van der Waals surface area contributed by atoms with E-state index in [9.17, 15) is 4.79 Å². The van der Waals surface area contributed by atoms with Crippen LogP contribution in [-0.4, -0.2) is 28.9 Å². The second-order valence-electron chi connectivity index (χ2n) is 4.74. The molecule has 0 aromatic heterocycles. The minimum absolute atomic E-state index is 0.206. The van der Waals surface area contributed by atoms with E-state index >= 15 is 0 Å². The summed E-state index contributed by atoms with van der Waals surface area (Å²) in [5.74, 6) is 0.206. The number of nitrogens with zero attached hydrogens (tertiary/aromatic N) is 1. The van der Waals surface area contributed by atoms with E-state index in [1.807, 2.05) is 18.7 Å². The molecule has 0 radical (unpaired) electrons. The largest absolute Gasteiger partial charge is 0.340 e. The van der Waals surface area contributed by atoms with Gasteiger partial charge in [0, 0.05) is 24.5 Å². The molecule has 13 heavy (non-hydrogen) atoms. The number of carbonyl (C=O) groups is 1. The summed E-state index contributed by atoms with van der Waals surface area (Å²) < 4.78 is 0. The van der Waals surface area contributed by atoms with Gasteiger partial charge in [0.1, 0.15) is 0 Å². The first kappa shape index (κ1) is 10.5. The standard InChI is InChI=1S/C10H20N2O/c1-8-5-4-6-12(8)9(13)7-10(2,3)11/h8H,4-7,11H2,1-3H3. The van der Waals surface area contributed by atoms with Crippen LogP contribution < -0.4 is 5.73 Å². The number of nitrogens with two attached hydrogens (primary N) is 1. The van der Waals surface area contributed by atoms with Crippen molar-refractivity contribution in [3.8, 4) is 0 Å². The van der Waals surface area contributed by atoms with E-state index in [2.05, 4.69) is 6.92 Å². The normalized spacial score (nSPS) is 23.7. The molecule has 1 amide bonds. The first-order valence-corrected chi connectivity index (χ1v) is 4.98. The van der Waals surface area contributed by atoms with Gasteiger partial charge in [0.05, 0.1) is 0 Å². The Hall–Kier alpha value is -0.570. The Morgan fingerprint density at radius 1 is 1.62 bits per heavy atom. The summed E-state index contributed by atoms with van der Waals surface area (Å²) in [6.07, 6.45) is 2.73. The molecule has 1 fully saturated rings. The molecule has 0 aliphatic carbocycles. The van der Waals surface area contributed by atoms with E-state index in [4.69, 9.17) is 5.73 Å². The molecule has 1 rings (SSSR count). The molecule has 1 unspecified atom stereocenters. The molecule has 1 saturated heterocycles. The minimum Gasteiger partial charge on any atom is -0.340 e. The Kier molecular flexibility index (Phi) is 2.96. The quantitative estimate of drug-likeness (QED) is 0.699. The lowest BCUT2D eigenvalue weighted by Crippen LogP contribution is -2.42. The first-order valence-electron chi connectivity index (χ1n) is 4.98. The summed E-state index contributed by atoms with van der Waals surface area (Å²) in [4.78, 5) is 13.7. The van der Waals surface area contributed by atoms with Crippen molar-refractivity contribution in [2.45, 2.75) is 51.6 Å². The van der Waals surface area contributed by atoms with Crippen molar-refractivity contribution in [3.05, 3.63) is 0 Å². The van der Waals surface area contributed by atoms with Gasteiger partial charge >= 0.3 is 0 Å². The Labute approximate surface area is 80.3 Å². The molecular weight excluding hydrogens is 164 g/mol. The molecule has 1 heterocycles. The Morgan fingerprint density at radius 2 is 2.23 bits per heavy atom. The summed E-state index contributed by atoms with van der Waals surface area (Å²) in [6, 6.07) is 0.412. The van der Waals surface area contributed by atoms with Gasteiger partial charge in [-0.3, -0.25) is 4.79 Å². The lowest BCUT2D eigenvalue weighted by atomic mass is 10.0. The summed E-state index contributed by atoms with van der Waals surface area (Å²) in [5, 5.41) is 0. The van der Waals surface area contributed by atoms with Gasteiger partial charge < -0.3 is 10.6 Å². The zero-order chi connectivity index (χ0) is 10.1. The highest BCUT2D eigenvalue weighted by Crippen LogP contribution is 2.19. The fraction of sp³-hybridized carbons (Fsp3) is 0.900. The van der Waals surface area contributed by atoms with Gasteiger partial charge in [0.15, 0.2) is 0 Å². The lowest BCUT2D eigenvalue weighted by Gasteiger charge is -2.26. The molecule has 0 saturated carbocycles. The maximum absolute atomic E-state index is 11.7. The van der Waals surface area contributed by atoms with Gasteiger partial charge in [-0.25, -0.2) is 0 Å². The highest BCUT2D eigenvalue weighted by Gasteiger charge is 2.27.